The molecule has 148 valence electrons. The summed E-state index contributed by atoms with van der Waals surface area (Å²) in [6, 6.07) is 7.88. The van der Waals surface area contributed by atoms with E-state index in [9.17, 15) is 26.4 Å². The van der Waals surface area contributed by atoms with E-state index in [0.29, 0.717) is 12.3 Å². The molecule has 2 aromatic rings. The number of nitrogens with two attached hydrogens (primary N) is 1. The molecule has 0 unspecified atom stereocenters. The quantitative estimate of drug-likeness (QED) is 0.744. The Hall–Kier alpha value is -3.08. The summed E-state index contributed by atoms with van der Waals surface area (Å²) in [5, 5.41) is 0. The first-order chi connectivity index (χ1) is 14.2. The van der Waals surface area contributed by atoms with Gasteiger partial charge in [0.05, 0.1) is 4.11 Å². The van der Waals surface area contributed by atoms with Gasteiger partial charge in [0.25, 0.3) is 0 Å². The van der Waals surface area contributed by atoms with E-state index in [1.54, 1.807) is 0 Å². The van der Waals surface area contributed by atoms with Gasteiger partial charge in [0, 0.05) is 11.8 Å². The molecule has 0 aliphatic carbocycles. The number of alkyl halides is 3. The molecule has 0 saturated heterocycles. The molecular weight excluding hydrogens is 401 g/mol. The van der Waals surface area contributed by atoms with Crippen molar-refractivity contribution in [1.29, 1.82) is 0 Å². The summed E-state index contributed by atoms with van der Waals surface area (Å²) in [7, 11) is -5.17. The van der Waals surface area contributed by atoms with E-state index in [4.69, 9.17) is 14.6 Å². The zero-order valence-corrected chi connectivity index (χ0v) is 14.5. The normalized spacial score (nSPS) is 22.2. The van der Waals surface area contributed by atoms with Crippen LogP contribution in [0.3, 0.4) is 0 Å². The van der Waals surface area contributed by atoms with Crippen LogP contribution in [-0.2, 0) is 35.7 Å². The van der Waals surface area contributed by atoms with Gasteiger partial charge in [-0.25, -0.2) is 0 Å². The Labute approximate surface area is 161 Å². The Balaban J connectivity index is 1.91. The molecular formula is C17H13F3N2O5S. The van der Waals surface area contributed by atoms with Gasteiger partial charge in [-0.05, 0) is 11.6 Å². The molecule has 11 heteroatoms. The Morgan fingerprint density at radius 2 is 1.93 bits per heavy atom. The molecule has 1 aromatic carbocycles. The lowest BCUT2D eigenvalue weighted by Gasteiger charge is -2.11. The molecule has 0 fully saturated rings. The molecule has 2 N–H and O–H groups in total. The lowest BCUT2D eigenvalue weighted by molar-refractivity contribution is -0.141. The average molecular weight is 417 g/mol. The summed E-state index contributed by atoms with van der Waals surface area (Å²) in [5.74, 6) is -3.58. The fourth-order valence-corrected chi connectivity index (χ4v) is 3.01. The molecule has 0 radical (unpaired) electrons. The lowest BCUT2D eigenvalue weighted by atomic mass is 10.1. The van der Waals surface area contributed by atoms with Crippen LogP contribution >= 0.6 is 0 Å². The molecule has 1 aliphatic rings. The summed E-state index contributed by atoms with van der Waals surface area (Å²) in [6.07, 6.45) is -6.98. The minimum absolute atomic E-state index is 0.301. The van der Waals surface area contributed by atoms with Crippen LogP contribution in [0.15, 0.2) is 60.3 Å². The number of carbonyl (C=O) groups excluding carboxylic acids is 1. The molecule has 0 amide bonds. The fraction of sp³-hybridized carbons (Fsp3) is 0.176. The second kappa shape index (κ2) is 7.15. The van der Waals surface area contributed by atoms with Crippen molar-refractivity contribution in [2.24, 2.45) is 5.73 Å². The second-order valence-corrected chi connectivity index (χ2v) is 6.67. The number of carbonyl (C=O) groups is 1. The number of aromatic nitrogens is 1. The van der Waals surface area contributed by atoms with Gasteiger partial charge in [0.2, 0.25) is 17.4 Å². The first kappa shape index (κ1) is 15.9. The van der Waals surface area contributed by atoms with Gasteiger partial charge in [-0.15, -0.1) is 0 Å². The van der Waals surface area contributed by atoms with Gasteiger partial charge in [-0.3, -0.25) is 9.78 Å². The van der Waals surface area contributed by atoms with Crippen molar-refractivity contribution in [2.45, 2.75) is 18.0 Å². The molecule has 3 rings (SSSR count). The number of benzene rings is 1. The highest BCUT2D eigenvalue weighted by molar-refractivity contribution is 7.86. The highest BCUT2D eigenvalue weighted by atomic mass is 32.2. The van der Waals surface area contributed by atoms with E-state index in [2.05, 4.69) is 9.17 Å². The summed E-state index contributed by atoms with van der Waals surface area (Å²) in [6.45, 7) is 0. The third-order valence-electron chi connectivity index (χ3n) is 3.37. The number of ketones is 1. The third kappa shape index (κ3) is 4.25. The largest absolute Gasteiger partial charge is 0.460 e. The number of nitrogens with zero attached hydrogens (tertiary/aromatic N) is 1. The first-order valence-corrected chi connectivity index (χ1v) is 8.88. The summed E-state index contributed by atoms with van der Waals surface area (Å²) < 4.78 is 96.5. The van der Waals surface area contributed by atoms with Crippen LogP contribution in [0.25, 0.3) is 0 Å². The van der Waals surface area contributed by atoms with Gasteiger partial charge >= 0.3 is 16.3 Å². The monoisotopic (exact) mass is 417 g/mol. The number of rotatable bonds is 5. The van der Waals surface area contributed by atoms with Crippen LogP contribution in [0, 0.1) is 0 Å². The minimum Gasteiger partial charge on any atom is -0.460 e. The van der Waals surface area contributed by atoms with Crippen LogP contribution in [0.1, 0.15) is 27.0 Å². The highest BCUT2D eigenvalue weighted by Gasteiger charge is 2.40. The van der Waals surface area contributed by atoms with Gasteiger partial charge in [-0.2, -0.15) is 21.6 Å². The number of hydrogen-bond donors (Lipinski definition) is 1. The first-order valence-electron chi connectivity index (χ1n) is 8.97. The number of halogens is 3. The smallest absolute Gasteiger partial charge is 0.433 e. The minimum atomic E-state index is -5.17. The van der Waals surface area contributed by atoms with Crippen molar-refractivity contribution in [3.05, 3.63) is 77.1 Å². The van der Waals surface area contributed by atoms with Gasteiger partial charge in [0.1, 0.15) is 11.4 Å². The van der Waals surface area contributed by atoms with Crippen LogP contribution < -0.4 is 5.73 Å². The number of Topliss-reactive ketones (excluding diaryl/α,β-unsaturated/α-hetero) is 1. The molecule has 0 bridgehead atoms. The predicted octanol–water partition coefficient (Wildman–Crippen LogP) is 2.42. The van der Waals surface area contributed by atoms with Gasteiger partial charge in [-0.1, -0.05) is 36.4 Å². The van der Waals surface area contributed by atoms with Crippen LogP contribution in [0.4, 0.5) is 13.2 Å². The Bertz CT molecular complexity index is 1160. The molecule has 1 aromatic heterocycles. The van der Waals surface area contributed by atoms with Crippen molar-refractivity contribution < 1.29 is 39.4 Å². The van der Waals surface area contributed by atoms with E-state index >= 15 is 0 Å². The maximum absolute atomic E-state index is 12.7. The zero-order valence-electron chi connectivity index (χ0n) is 16.7. The van der Waals surface area contributed by atoms with E-state index in [1.807, 2.05) is 0 Å². The topological polar surface area (TPSA) is 109 Å². The number of hydrogen-bond acceptors (Lipinski definition) is 7. The van der Waals surface area contributed by atoms with E-state index in [0.717, 1.165) is 6.07 Å². The maximum atomic E-state index is 12.7. The highest BCUT2D eigenvalue weighted by Crippen LogP contribution is 2.34. The third-order valence-corrected chi connectivity index (χ3v) is 4.25. The van der Waals surface area contributed by atoms with Crippen LogP contribution in [-0.4, -0.2) is 19.2 Å². The van der Waals surface area contributed by atoms with Crippen molar-refractivity contribution in [3.63, 3.8) is 0 Å². The maximum Gasteiger partial charge on any atom is 0.433 e. The fourth-order valence-electron chi connectivity index (χ4n) is 2.16. The van der Waals surface area contributed by atoms with Crippen molar-refractivity contribution >= 4 is 15.9 Å². The number of ether oxygens (including phenoxy) is 1. The van der Waals surface area contributed by atoms with E-state index in [1.165, 1.54) is 30.3 Å². The summed E-state index contributed by atoms with van der Waals surface area (Å²) >= 11 is 0. The molecule has 1 atom stereocenters. The van der Waals surface area contributed by atoms with Crippen LogP contribution in [0.5, 0.6) is 0 Å². The molecule has 0 spiro atoms. The molecule has 28 heavy (non-hydrogen) atoms. The molecule has 7 nitrogen and oxygen atoms in total. The number of pyridine rings is 1. The molecule has 2 heterocycles. The van der Waals surface area contributed by atoms with Gasteiger partial charge < -0.3 is 14.7 Å². The van der Waals surface area contributed by atoms with Crippen molar-refractivity contribution in [2.75, 3.05) is 0 Å². The van der Waals surface area contributed by atoms with Crippen molar-refractivity contribution in [3.8, 4) is 0 Å². The SMILES string of the molecule is [2H]C([2H])(c1ccccc1)S(=O)(=O)OC1=C(N)O[C@]([2H])(c2ccc(C(F)(F)F)nc2)C1=O. The average Bonchev–Trinajstić information content (AvgIpc) is 2.91. The zero-order chi connectivity index (χ0) is 23.2. The second-order valence-electron chi connectivity index (χ2n) is 5.39. The van der Waals surface area contributed by atoms with Crippen molar-refractivity contribution in [1.82, 2.24) is 4.98 Å². The van der Waals surface area contributed by atoms with E-state index < -0.39 is 56.8 Å². The molecule has 0 saturated carbocycles. The Morgan fingerprint density at radius 3 is 2.50 bits per heavy atom. The predicted molar refractivity (Wildman–Crippen MR) is 89.4 cm³/mol. The summed E-state index contributed by atoms with van der Waals surface area (Å²) in [5.41, 5.74) is 0.301. The van der Waals surface area contributed by atoms with Gasteiger partial charge in [0.15, 0.2) is 6.08 Å². The Morgan fingerprint density at radius 1 is 1.25 bits per heavy atom. The van der Waals surface area contributed by atoms with Crippen LogP contribution in [0.2, 0.25) is 0 Å². The lowest BCUT2D eigenvalue weighted by Crippen LogP contribution is -2.16. The standard InChI is InChI=1S/C17H13F3N2O5S/c18-17(19,20)12-7-6-11(8-22-12)14-13(23)15(16(21)26-14)27-28(24,25)9-10-4-2-1-3-5-10/h1-8,14H,9,21H2/t14-/m1/s1/i9D2,14D. The summed E-state index contributed by atoms with van der Waals surface area (Å²) in [4.78, 5) is 15.8. The van der Waals surface area contributed by atoms with E-state index in [-0.39, 0.29) is 5.56 Å². The Kier molecular flexibility index (Phi) is 4.07. The molecule has 1 aliphatic heterocycles.